The van der Waals surface area contributed by atoms with E-state index >= 15 is 0 Å². The Labute approximate surface area is 184 Å². The summed E-state index contributed by atoms with van der Waals surface area (Å²) < 4.78 is 6.76. The molecule has 0 N–H and O–H groups in total. The van der Waals surface area contributed by atoms with Gasteiger partial charge in [0.25, 0.3) is 5.91 Å². The Kier molecular flexibility index (Phi) is 6.28. The van der Waals surface area contributed by atoms with Gasteiger partial charge in [0.2, 0.25) is 5.95 Å². The molecule has 1 aliphatic heterocycles. The fraction of sp³-hybridized carbons (Fsp3) is 0.261. The van der Waals surface area contributed by atoms with Crippen molar-refractivity contribution in [3.8, 4) is 5.75 Å². The van der Waals surface area contributed by atoms with E-state index in [9.17, 15) is 4.79 Å². The van der Waals surface area contributed by atoms with Gasteiger partial charge in [-0.1, -0.05) is 35.9 Å². The highest BCUT2D eigenvalue weighted by Gasteiger charge is 2.23. The quantitative estimate of drug-likeness (QED) is 0.566. The Morgan fingerprint density at radius 3 is 2.50 bits per heavy atom. The third-order valence-electron chi connectivity index (χ3n) is 5.03. The third-order valence-corrected chi connectivity index (χ3v) is 5.43. The molecule has 0 unspecified atom stereocenters. The van der Waals surface area contributed by atoms with E-state index in [1.165, 1.54) is 5.56 Å². The average Bonchev–Trinajstić information content (AvgIpc) is 2.78. The number of aryl methyl sites for hydroxylation is 1. The average molecular weight is 467 g/mol. The minimum Gasteiger partial charge on any atom is -0.489 e. The van der Waals surface area contributed by atoms with Crippen molar-refractivity contribution < 1.29 is 9.53 Å². The number of nitrogens with zero attached hydrogens (tertiary/aromatic N) is 4. The lowest BCUT2D eigenvalue weighted by Gasteiger charge is -2.34. The molecule has 0 atom stereocenters. The number of aromatic nitrogens is 2. The molecule has 1 aromatic heterocycles. The van der Waals surface area contributed by atoms with Crippen LogP contribution in [0.25, 0.3) is 0 Å². The number of piperazine rings is 1. The maximum Gasteiger partial charge on any atom is 0.254 e. The molecule has 1 saturated heterocycles. The SMILES string of the molecule is Cc1cccc(COc2cccc(C(=O)N3CCN(c4ncc(Br)cn4)CC3)c2)c1. The van der Waals surface area contributed by atoms with E-state index in [2.05, 4.69) is 49.9 Å². The molecule has 1 fully saturated rings. The molecule has 6 nitrogen and oxygen atoms in total. The molecule has 7 heteroatoms. The van der Waals surface area contributed by atoms with Crippen molar-refractivity contribution in [1.82, 2.24) is 14.9 Å². The van der Waals surface area contributed by atoms with Crippen LogP contribution in [0.4, 0.5) is 5.95 Å². The lowest BCUT2D eigenvalue weighted by Crippen LogP contribution is -2.49. The molecule has 3 aromatic rings. The number of hydrogen-bond acceptors (Lipinski definition) is 5. The van der Waals surface area contributed by atoms with Gasteiger partial charge in [0.1, 0.15) is 12.4 Å². The number of carbonyl (C=O) groups is 1. The largest absolute Gasteiger partial charge is 0.489 e. The van der Waals surface area contributed by atoms with Gasteiger partial charge in [0.05, 0.1) is 4.47 Å². The van der Waals surface area contributed by atoms with Crippen LogP contribution in [0.5, 0.6) is 5.75 Å². The van der Waals surface area contributed by atoms with Crippen molar-refractivity contribution in [3.63, 3.8) is 0 Å². The number of hydrogen-bond donors (Lipinski definition) is 0. The summed E-state index contributed by atoms with van der Waals surface area (Å²) in [6.07, 6.45) is 3.48. The van der Waals surface area contributed by atoms with Crippen LogP contribution in [-0.4, -0.2) is 47.0 Å². The number of benzene rings is 2. The minimum atomic E-state index is 0.0207. The van der Waals surface area contributed by atoms with E-state index in [0.29, 0.717) is 50.0 Å². The molecule has 0 saturated carbocycles. The van der Waals surface area contributed by atoms with Gasteiger partial charge in [-0.3, -0.25) is 4.79 Å². The number of ether oxygens (including phenoxy) is 1. The Morgan fingerprint density at radius 1 is 1.03 bits per heavy atom. The van der Waals surface area contributed by atoms with Crippen LogP contribution in [0, 0.1) is 6.92 Å². The maximum absolute atomic E-state index is 13.0. The molecule has 4 rings (SSSR count). The van der Waals surface area contributed by atoms with Crippen molar-refractivity contribution in [2.45, 2.75) is 13.5 Å². The van der Waals surface area contributed by atoms with Gasteiger partial charge in [0, 0.05) is 44.1 Å². The summed E-state index contributed by atoms with van der Waals surface area (Å²) in [5.41, 5.74) is 2.95. The first kappa shape index (κ1) is 20.3. The number of anilines is 1. The van der Waals surface area contributed by atoms with Crippen molar-refractivity contribution in [3.05, 3.63) is 82.1 Å². The lowest BCUT2D eigenvalue weighted by atomic mass is 10.1. The zero-order valence-corrected chi connectivity index (χ0v) is 18.4. The first-order valence-electron chi connectivity index (χ1n) is 9.89. The molecular weight excluding hydrogens is 444 g/mol. The second-order valence-electron chi connectivity index (χ2n) is 7.29. The van der Waals surface area contributed by atoms with Gasteiger partial charge >= 0.3 is 0 Å². The fourth-order valence-corrected chi connectivity index (χ4v) is 3.65. The first-order chi connectivity index (χ1) is 14.6. The molecule has 1 amide bonds. The highest BCUT2D eigenvalue weighted by molar-refractivity contribution is 9.10. The summed E-state index contributed by atoms with van der Waals surface area (Å²) in [6.45, 7) is 5.21. The Balaban J connectivity index is 1.35. The third kappa shape index (κ3) is 4.97. The van der Waals surface area contributed by atoms with Gasteiger partial charge in [-0.05, 0) is 46.6 Å². The summed E-state index contributed by atoms with van der Waals surface area (Å²) >= 11 is 3.35. The van der Waals surface area contributed by atoms with Gasteiger partial charge in [-0.2, -0.15) is 0 Å². The van der Waals surface area contributed by atoms with Gasteiger partial charge in [-0.15, -0.1) is 0 Å². The Bertz CT molecular complexity index is 1020. The van der Waals surface area contributed by atoms with Crippen LogP contribution < -0.4 is 9.64 Å². The maximum atomic E-state index is 13.0. The standard InChI is InChI=1S/C23H23BrN4O2/c1-17-4-2-5-18(12-17)16-30-21-7-3-6-19(13-21)22(29)27-8-10-28(11-9-27)23-25-14-20(24)15-26-23/h2-7,12-15H,8-11,16H2,1H3. The highest BCUT2D eigenvalue weighted by Crippen LogP contribution is 2.19. The van der Waals surface area contributed by atoms with Crippen molar-refractivity contribution in [2.75, 3.05) is 31.1 Å². The lowest BCUT2D eigenvalue weighted by molar-refractivity contribution is 0.0745. The van der Waals surface area contributed by atoms with Crippen LogP contribution in [-0.2, 0) is 6.61 Å². The number of carbonyl (C=O) groups excluding carboxylic acids is 1. The molecule has 0 aliphatic carbocycles. The van der Waals surface area contributed by atoms with Crippen LogP contribution in [0.3, 0.4) is 0 Å². The summed E-state index contributed by atoms with van der Waals surface area (Å²) in [5, 5.41) is 0. The Hall–Kier alpha value is -2.93. The fourth-order valence-electron chi connectivity index (χ4n) is 3.45. The predicted octanol–water partition coefficient (Wildman–Crippen LogP) is 4.09. The van der Waals surface area contributed by atoms with Gasteiger partial charge < -0.3 is 14.5 Å². The second-order valence-corrected chi connectivity index (χ2v) is 8.20. The number of halogens is 1. The number of amides is 1. The normalized spacial score (nSPS) is 13.9. The highest BCUT2D eigenvalue weighted by atomic mass is 79.9. The van der Waals surface area contributed by atoms with E-state index in [1.807, 2.05) is 41.3 Å². The predicted molar refractivity (Wildman–Crippen MR) is 120 cm³/mol. The van der Waals surface area contributed by atoms with Crippen molar-refractivity contribution in [2.24, 2.45) is 0 Å². The zero-order chi connectivity index (χ0) is 20.9. The molecule has 0 radical (unpaired) electrons. The first-order valence-corrected chi connectivity index (χ1v) is 10.7. The molecule has 1 aliphatic rings. The molecular formula is C23H23BrN4O2. The zero-order valence-electron chi connectivity index (χ0n) is 16.8. The summed E-state index contributed by atoms with van der Waals surface area (Å²) in [5.74, 6) is 1.41. The molecule has 30 heavy (non-hydrogen) atoms. The molecule has 2 aromatic carbocycles. The van der Waals surface area contributed by atoms with Crippen LogP contribution in [0.1, 0.15) is 21.5 Å². The van der Waals surface area contributed by atoms with Gasteiger partial charge in [-0.25, -0.2) is 9.97 Å². The van der Waals surface area contributed by atoms with Crippen LogP contribution in [0.15, 0.2) is 65.4 Å². The van der Waals surface area contributed by atoms with Crippen LogP contribution >= 0.6 is 15.9 Å². The second kappa shape index (κ2) is 9.26. The smallest absolute Gasteiger partial charge is 0.254 e. The van der Waals surface area contributed by atoms with Crippen molar-refractivity contribution in [1.29, 1.82) is 0 Å². The van der Waals surface area contributed by atoms with E-state index in [0.717, 1.165) is 10.0 Å². The number of rotatable bonds is 5. The monoisotopic (exact) mass is 466 g/mol. The molecule has 2 heterocycles. The summed E-state index contributed by atoms with van der Waals surface area (Å²) in [7, 11) is 0. The van der Waals surface area contributed by atoms with E-state index < -0.39 is 0 Å². The van der Waals surface area contributed by atoms with Crippen LogP contribution in [0.2, 0.25) is 0 Å². The van der Waals surface area contributed by atoms with E-state index in [1.54, 1.807) is 12.4 Å². The van der Waals surface area contributed by atoms with E-state index in [4.69, 9.17) is 4.74 Å². The molecule has 154 valence electrons. The minimum absolute atomic E-state index is 0.0207. The molecule has 0 spiro atoms. The Morgan fingerprint density at radius 2 is 1.77 bits per heavy atom. The van der Waals surface area contributed by atoms with Crippen molar-refractivity contribution >= 4 is 27.8 Å². The topological polar surface area (TPSA) is 58.6 Å². The molecule has 0 bridgehead atoms. The summed E-state index contributed by atoms with van der Waals surface area (Å²) in [6, 6.07) is 15.6. The van der Waals surface area contributed by atoms with Gasteiger partial charge in [0.15, 0.2) is 0 Å². The summed E-state index contributed by atoms with van der Waals surface area (Å²) in [4.78, 5) is 25.6. The van der Waals surface area contributed by atoms with E-state index in [-0.39, 0.29) is 5.91 Å².